The summed E-state index contributed by atoms with van der Waals surface area (Å²) in [6.45, 7) is 6.22. The van der Waals surface area contributed by atoms with Crippen molar-refractivity contribution in [3.63, 3.8) is 0 Å². The number of hydrogen-bond acceptors (Lipinski definition) is 7. The third kappa shape index (κ3) is 10.4. The topological polar surface area (TPSA) is 107 Å². The Balaban J connectivity index is 1.93. The molecule has 2 aromatic rings. The molecule has 1 aromatic carbocycles. The highest BCUT2D eigenvalue weighted by atomic mass is 32.2. The Labute approximate surface area is 205 Å². The molecule has 0 aliphatic rings. The van der Waals surface area contributed by atoms with E-state index in [0.717, 1.165) is 11.3 Å². The number of alkyl carbamates (subject to hydrolysis) is 1. The summed E-state index contributed by atoms with van der Waals surface area (Å²) in [5.41, 5.74) is 0.841. The molecule has 1 heterocycles. The van der Waals surface area contributed by atoms with Gasteiger partial charge in [-0.2, -0.15) is 0 Å². The number of hydrogen-bond donors (Lipinski definition) is 2. The van der Waals surface area contributed by atoms with Gasteiger partial charge in [0.25, 0.3) is 0 Å². The number of ketones is 1. The summed E-state index contributed by atoms with van der Waals surface area (Å²) in [4.78, 5) is 38.1. The predicted octanol–water partition coefficient (Wildman–Crippen LogP) is 4.29. The highest BCUT2D eigenvalue weighted by molar-refractivity contribution is 7.99. The SMILES string of the molecule is CCCOC(NC(=O)[C@H](CC(C)C)NC(=O)OCc1ccccc1)C(=O)CSCc1ccco1. The number of carbonyl (C=O) groups is 3. The fourth-order valence-electron chi connectivity index (χ4n) is 3.01. The van der Waals surface area contributed by atoms with Crippen LogP contribution in [0.3, 0.4) is 0 Å². The van der Waals surface area contributed by atoms with Crippen LogP contribution in [0.2, 0.25) is 0 Å². The molecule has 8 nitrogen and oxygen atoms in total. The summed E-state index contributed by atoms with van der Waals surface area (Å²) in [7, 11) is 0. The summed E-state index contributed by atoms with van der Waals surface area (Å²) in [6.07, 6.45) is 0.870. The number of carbonyl (C=O) groups excluding carboxylic acids is 3. The van der Waals surface area contributed by atoms with Gasteiger partial charge in [0, 0.05) is 6.61 Å². The highest BCUT2D eigenvalue weighted by Gasteiger charge is 2.28. The fourth-order valence-corrected chi connectivity index (χ4v) is 3.83. The second-order valence-electron chi connectivity index (χ2n) is 8.19. The van der Waals surface area contributed by atoms with Crippen LogP contribution in [0.1, 0.15) is 44.9 Å². The molecule has 9 heteroatoms. The third-order valence-electron chi connectivity index (χ3n) is 4.65. The van der Waals surface area contributed by atoms with Crippen LogP contribution in [0, 0.1) is 5.92 Å². The first-order valence-electron chi connectivity index (χ1n) is 11.4. The number of nitrogens with one attached hydrogen (secondary N) is 2. The number of Topliss-reactive ketones (excluding diaryl/α,β-unsaturated/α-hetero) is 1. The normalized spacial score (nSPS) is 12.7. The van der Waals surface area contributed by atoms with E-state index >= 15 is 0 Å². The average Bonchev–Trinajstić information content (AvgIpc) is 3.33. The van der Waals surface area contributed by atoms with Gasteiger partial charge in [-0.3, -0.25) is 9.59 Å². The molecule has 0 bridgehead atoms. The van der Waals surface area contributed by atoms with Gasteiger partial charge in [0.15, 0.2) is 12.0 Å². The van der Waals surface area contributed by atoms with Crippen molar-refractivity contribution in [2.45, 2.75) is 58.2 Å². The Kier molecular flexibility index (Phi) is 12.3. The van der Waals surface area contributed by atoms with Crippen molar-refractivity contribution in [3.05, 3.63) is 60.1 Å². The quantitative estimate of drug-likeness (QED) is 0.359. The summed E-state index contributed by atoms with van der Waals surface area (Å²) in [6, 6.07) is 12.0. The molecule has 0 saturated carbocycles. The monoisotopic (exact) mass is 490 g/mol. The van der Waals surface area contributed by atoms with Crippen molar-refractivity contribution >= 4 is 29.5 Å². The summed E-state index contributed by atoms with van der Waals surface area (Å²) < 4.78 is 16.1. The molecule has 0 radical (unpaired) electrons. The second-order valence-corrected chi connectivity index (χ2v) is 9.17. The van der Waals surface area contributed by atoms with Gasteiger partial charge in [0.05, 0.1) is 17.8 Å². The van der Waals surface area contributed by atoms with E-state index < -0.39 is 24.3 Å². The van der Waals surface area contributed by atoms with E-state index in [1.165, 1.54) is 11.8 Å². The van der Waals surface area contributed by atoms with Crippen LogP contribution in [0.25, 0.3) is 0 Å². The number of ether oxygens (including phenoxy) is 2. The zero-order valence-electron chi connectivity index (χ0n) is 20.0. The first kappa shape index (κ1) is 27.5. The third-order valence-corrected chi connectivity index (χ3v) is 5.63. The Hall–Kier alpha value is -2.78. The minimum atomic E-state index is -1.09. The van der Waals surface area contributed by atoms with Crippen LogP contribution < -0.4 is 10.6 Å². The molecular formula is C25H34N2O6S. The van der Waals surface area contributed by atoms with Crippen LogP contribution in [0.4, 0.5) is 4.79 Å². The first-order chi connectivity index (χ1) is 16.4. The van der Waals surface area contributed by atoms with E-state index in [9.17, 15) is 14.4 Å². The van der Waals surface area contributed by atoms with Crippen molar-refractivity contribution in [2.24, 2.45) is 5.92 Å². The van der Waals surface area contributed by atoms with Gasteiger partial charge >= 0.3 is 6.09 Å². The van der Waals surface area contributed by atoms with Gasteiger partial charge in [-0.05, 0) is 36.5 Å². The lowest BCUT2D eigenvalue weighted by atomic mass is 10.0. The molecule has 186 valence electrons. The molecule has 0 fully saturated rings. The summed E-state index contributed by atoms with van der Waals surface area (Å²) in [5.74, 6) is 0.835. The molecule has 0 aliphatic carbocycles. The van der Waals surface area contributed by atoms with Crippen molar-refractivity contribution in [1.29, 1.82) is 0 Å². The fraction of sp³-hybridized carbons (Fsp3) is 0.480. The molecule has 2 N–H and O–H groups in total. The van der Waals surface area contributed by atoms with Crippen molar-refractivity contribution < 1.29 is 28.3 Å². The smallest absolute Gasteiger partial charge is 0.408 e. The van der Waals surface area contributed by atoms with Gasteiger partial charge in [0.1, 0.15) is 18.4 Å². The van der Waals surface area contributed by atoms with Gasteiger partial charge in [0.2, 0.25) is 5.91 Å². The van der Waals surface area contributed by atoms with Gasteiger partial charge in [-0.1, -0.05) is 51.1 Å². The van der Waals surface area contributed by atoms with Gasteiger partial charge in [-0.25, -0.2) is 4.79 Å². The van der Waals surface area contributed by atoms with Gasteiger partial charge in [-0.15, -0.1) is 11.8 Å². The number of benzene rings is 1. The molecule has 34 heavy (non-hydrogen) atoms. The number of rotatable bonds is 15. The van der Waals surface area contributed by atoms with Crippen LogP contribution >= 0.6 is 11.8 Å². The summed E-state index contributed by atoms with van der Waals surface area (Å²) >= 11 is 1.38. The van der Waals surface area contributed by atoms with Crippen LogP contribution in [-0.2, 0) is 31.4 Å². The van der Waals surface area contributed by atoms with E-state index in [1.807, 2.05) is 57.2 Å². The van der Waals surface area contributed by atoms with E-state index in [-0.39, 0.29) is 24.1 Å². The maximum absolute atomic E-state index is 13.0. The first-order valence-corrected chi connectivity index (χ1v) is 12.6. The molecule has 0 aliphatic heterocycles. The van der Waals surface area contributed by atoms with E-state index in [0.29, 0.717) is 25.2 Å². The van der Waals surface area contributed by atoms with Crippen molar-refractivity contribution in [1.82, 2.24) is 10.6 Å². The number of furan rings is 1. The standard InChI is InChI=1S/C25H34N2O6S/c1-4-12-32-24(22(28)17-34-16-20-11-8-13-31-20)27-23(29)21(14-18(2)3)26-25(30)33-15-19-9-6-5-7-10-19/h5-11,13,18,21,24H,4,12,14-17H2,1-3H3,(H,26,30)(H,27,29)/t21-,24?/m0/s1. The Morgan fingerprint density at radius 1 is 1.06 bits per heavy atom. The minimum absolute atomic E-state index is 0.0936. The lowest BCUT2D eigenvalue weighted by Gasteiger charge is -2.24. The molecule has 2 atom stereocenters. The van der Waals surface area contributed by atoms with Crippen LogP contribution in [0.5, 0.6) is 0 Å². The molecule has 1 aromatic heterocycles. The molecular weight excluding hydrogens is 456 g/mol. The van der Waals surface area contributed by atoms with E-state index in [1.54, 1.807) is 12.3 Å². The lowest BCUT2D eigenvalue weighted by Crippen LogP contribution is -2.53. The summed E-state index contributed by atoms with van der Waals surface area (Å²) in [5, 5.41) is 5.28. The second kappa shape index (κ2) is 15.2. The molecule has 0 spiro atoms. The molecule has 0 saturated heterocycles. The molecule has 1 unspecified atom stereocenters. The van der Waals surface area contributed by atoms with Crippen molar-refractivity contribution in [2.75, 3.05) is 12.4 Å². The number of thioether (sulfide) groups is 1. The van der Waals surface area contributed by atoms with Gasteiger partial charge < -0.3 is 24.5 Å². The van der Waals surface area contributed by atoms with E-state index in [2.05, 4.69) is 10.6 Å². The zero-order chi connectivity index (χ0) is 24.8. The minimum Gasteiger partial charge on any atom is -0.468 e. The van der Waals surface area contributed by atoms with Crippen molar-refractivity contribution in [3.8, 4) is 0 Å². The Morgan fingerprint density at radius 2 is 1.82 bits per heavy atom. The maximum atomic E-state index is 13.0. The highest BCUT2D eigenvalue weighted by Crippen LogP contribution is 2.14. The maximum Gasteiger partial charge on any atom is 0.408 e. The predicted molar refractivity (Wildman–Crippen MR) is 131 cm³/mol. The van der Waals surface area contributed by atoms with E-state index in [4.69, 9.17) is 13.9 Å². The van der Waals surface area contributed by atoms with Crippen LogP contribution in [0.15, 0.2) is 53.1 Å². The number of amides is 2. The average molecular weight is 491 g/mol. The largest absolute Gasteiger partial charge is 0.468 e. The molecule has 2 amide bonds. The van der Waals surface area contributed by atoms with Crippen LogP contribution in [-0.4, -0.2) is 42.4 Å². The zero-order valence-corrected chi connectivity index (χ0v) is 20.8. The Bertz CT molecular complexity index is 873. The Morgan fingerprint density at radius 3 is 2.47 bits per heavy atom. The lowest BCUT2D eigenvalue weighted by molar-refractivity contribution is -0.138. The molecule has 2 rings (SSSR count).